The molecule has 1 amide bonds. The molecule has 0 unspecified atom stereocenters. The van der Waals surface area contributed by atoms with Gasteiger partial charge in [0.25, 0.3) is 0 Å². The molecule has 0 aromatic carbocycles. The number of aliphatic hydroxyl groups is 2. The summed E-state index contributed by atoms with van der Waals surface area (Å²) in [5.41, 5.74) is 0.770. The third-order valence-corrected chi connectivity index (χ3v) is 5.01. The summed E-state index contributed by atoms with van der Waals surface area (Å²) in [5.74, 6) is -0.206. The molecule has 4 N–H and O–H groups in total. The smallest absolute Gasteiger partial charge is 0.222 e. The van der Waals surface area contributed by atoms with Gasteiger partial charge in [-0.3, -0.25) is 9.69 Å². The minimum atomic E-state index is -1.12. The summed E-state index contributed by atoms with van der Waals surface area (Å²) >= 11 is 0. The lowest BCUT2D eigenvalue weighted by molar-refractivity contribution is -0.125. The first-order chi connectivity index (χ1) is 13.6. The summed E-state index contributed by atoms with van der Waals surface area (Å²) in [4.78, 5) is 14.4. The zero-order valence-electron chi connectivity index (χ0n) is 16.2. The number of nitrogens with one attached hydrogen (secondary N) is 2. The third kappa shape index (κ3) is 5.69. The minimum Gasteiger partial charge on any atom is -0.388 e. The van der Waals surface area contributed by atoms with Crippen LogP contribution in [-0.4, -0.2) is 107 Å². The molecule has 2 aliphatic rings. The van der Waals surface area contributed by atoms with Crippen LogP contribution in [0.15, 0.2) is 6.20 Å². The highest BCUT2D eigenvalue weighted by Crippen LogP contribution is 2.24. The lowest BCUT2D eigenvalue weighted by Gasteiger charge is -2.26. The maximum Gasteiger partial charge on any atom is 0.222 e. The van der Waals surface area contributed by atoms with E-state index in [-0.39, 0.29) is 18.9 Å². The van der Waals surface area contributed by atoms with Crippen LogP contribution in [0.2, 0.25) is 0 Å². The molecule has 11 heteroatoms. The van der Waals surface area contributed by atoms with Gasteiger partial charge in [-0.15, -0.1) is 5.10 Å². The van der Waals surface area contributed by atoms with Crippen LogP contribution in [0.3, 0.4) is 0 Å². The number of hydrogen-bond donors (Lipinski definition) is 4. The number of carbonyl (C=O) groups is 1. The van der Waals surface area contributed by atoms with Gasteiger partial charge in [0.15, 0.2) is 0 Å². The highest BCUT2D eigenvalue weighted by molar-refractivity contribution is 5.76. The van der Waals surface area contributed by atoms with Crippen LogP contribution < -0.4 is 10.6 Å². The summed E-state index contributed by atoms with van der Waals surface area (Å²) in [7, 11) is 1.82. The van der Waals surface area contributed by atoms with Crippen LogP contribution in [0, 0.1) is 0 Å². The van der Waals surface area contributed by atoms with Gasteiger partial charge in [0.05, 0.1) is 38.0 Å². The summed E-state index contributed by atoms with van der Waals surface area (Å²) in [6, 6.07) is 0. The van der Waals surface area contributed by atoms with E-state index in [4.69, 9.17) is 9.47 Å². The Labute approximate surface area is 164 Å². The molecule has 3 rings (SSSR count). The molecular weight excluding hydrogens is 368 g/mol. The molecule has 2 saturated heterocycles. The fourth-order valence-corrected chi connectivity index (χ4v) is 3.45. The topological polar surface area (TPSA) is 134 Å². The molecule has 0 aliphatic carbocycles. The number of hydrogen-bond acceptors (Lipinski definition) is 9. The highest BCUT2D eigenvalue weighted by Gasteiger charge is 2.43. The molecule has 1 aromatic heterocycles. The lowest BCUT2D eigenvalue weighted by Crippen LogP contribution is -2.42. The molecule has 11 nitrogen and oxygen atoms in total. The molecule has 28 heavy (non-hydrogen) atoms. The molecule has 4 atom stereocenters. The maximum atomic E-state index is 12.2. The van der Waals surface area contributed by atoms with Gasteiger partial charge in [-0.25, -0.2) is 4.68 Å². The van der Waals surface area contributed by atoms with E-state index in [1.165, 1.54) is 0 Å². The molecule has 2 fully saturated rings. The molecule has 0 spiro atoms. The second-order valence-electron chi connectivity index (χ2n) is 7.16. The fourth-order valence-electron chi connectivity index (χ4n) is 3.45. The van der Waals surface area contributed by atoms with E-state index in [1.54, 1.807) is 10.9 Å². The monoisotopic (exact) mass is 398 g/mol. The zero-order chi connectivity index (χ0) is 19.9. The van der Waals surface area contributed by atoms with Crippen molar-refractivity contribution in [2.45, 2.75) is 43.9 Å². The van der Waals surface area contributed by atoms with Crippen molar-refractivity contribution in [2.75, 3.05) is 46.4 Å². The Morgan fingerprint density at radius 2 is 2.04 bits per heavy atom. The number of morpholine rings is 1. The number of carbonyl (C=O) groups excluding carboxylic acids is 1. The second-order valence-corrected chi connectivity index (χ2v) is 7.16. The number of aromatic nitrogens is 3. The van der Waals surface area contributed by atoms with Crippen molar-refractivity contribution < 1.29 is 24.5 Å². The lowest BCUT2D eigenvalue weighted by atomic mass is 10.1. The normalized spacial score (nSPS) is 28.5. The average molecular weight is 398 g/mol. The van der Waals surface area contributed by atoms with Gasteiger partial charge in [0, 0.05) is 38.9 Å². The minimum absolute atomic E-state index is 0.000198. The molecule has 3 heterocycles. The van der Waals surface area contributed by atoms with E-state index in [2.05, 4.69) is 25.8 Å². The molecule has 2 aliphatic heterocycles. The van der Waals surface area contributed by atoms with E-state index < -0.39 is 24.4 Å². The molecule has 0 saturated carbocycles. The number of rotatable bonds is 9. The standard InChI is InChI=1S/C17H30N6O5/c1-18-9-12-10-23(21-20-12)11-14-17(26)16(25)13(28-14)8-15(24)19-2-3-22-4-6-27-7-5-22/h10,13-14,16-18,25-26H,2-9,11H2,1H3,(H,19,24)/t13-,14-,16-,17+/m0/s1. The van der Waals surface area contributed by atoms with Crippen molar-refractivity contribution >= 4 is 5.91 Å². The predicted molar refractivity (Wildman–Crippen MR) is 98.3 cm³/mol. The van der Waals surface area contributed by atoms with Crippen molar-refractivity contribution in [1.82, 2.24) is 30.5 Å². The number of nitrogens with zero attached hydrogens (tertiary/aromatic N) is 4. The molecule has 0 bridgehead atoms. The first-order valence-corrected chi connectivity index (χ1v) is 9.69. The predicted octanol–water partition coefficient (Wildman–Crippen LogP) is -2.67. The number of amides is 1. The van der Waals surface area contributed by atoms with Gasteiger partial charge in [-0.05, 0) is 7.05 Å². The highest BCUT2D eigenvalue weighted by atomic mass is 16.5. The average Bonchev–Trinajstić information content (AvgIpc) is 3.23. The SMILES string of the molecule is CNCc1cn(C[C@@H]2O[C@@H](CC(=O)NCCN3CCOCC3)[C@H](O)[C@@H]2O)nn1. The van der Waals surface area contributed by atoms with E-state index in [0.29, 0.717) is 13.1 Å². The Balaban J connectivity index is 1.41. The largest absolute Gasteiger partial charge is 0.388 e. The van der Waals surface area contributed by atoms with Crippen molar-refractivity contribution in [1.29, 1.82) is 0 Å². The Hall–Kier alpha value is -1.63. The van der Waals surface area contributed by atoms with Crippen molar-refractivity contribution in [3.63, 3.8) is 0 Å². The Bertz CT molecular complexity index is 623. The van der Waals surface area contributed by atoms with E-state index >= 15 is 0 Å². The van der Waals surface area contributed by atoms with Gasteiger partial charge < -0.3 is 30.3 Å². The first kappa shape index (κ1) is 21.1. The van der Waals surface area contributed by atoms with Crippen LogP contribution in [0.1, 0.15) is 12.1 Å². The number of aliphatic hydroxyl groups excluding tert-OH is 2. The van der Waals surface area contributed by atoms with Crippen molar-refractivity contribution in [3.8, 4) is 0 Å². The van der Waals surface area contributed by atoms with Crippen LogP contribution in [0.4, 0.5) is 0 Å². The van der Waals surface area contributed by atoms with Gasteiger partial charge in [-0.2, -0.15) is 0 Å². The zero-order valence-corrected chi connectivity index (χ0v) is 16.2. The van der Waals surface area contributed by atoms with Crippen molar-refractivity contribution in [3.05, 3.63) is 11.9 Å². The summed E-state index contributed by atoms with van der Waals surface area (Å²) in [6.45, 7) is 5.30. The first-order valence-electron chi connectivity index (χ1n) is 9.69. The van der Waals surface area contributed by atoms with Gasteiger partial charge in [-0.1, -0.05) is 5.21 Å². The summed E-state index contributed by atoms with van der Waals surface area (Å²) in [5, 5.41) is 34.3. The molecule has 1 aromatic rings. The Kier molecular flexibility index (Phi) is 7.71. The molecule has 158 valence electrons. The Morgan fingerprint density at radius 3 is 2.79 bits per heavy atom. The quantitative estimate of drug-likeness (QED) is 0.351. The fraction of sp³-hybridized carbons (Fsp3) is 0.824. The van der Waals surface area contributed by atoms with E-state index in [0.717, 1.165) is 38.5 Å². The molecular formula is C17H30N6O5. The summed E-state index contributed by atoms with van der Waals surface area (Å²) < 4.78 is 12.6. The van der Waals surface area contributed by atoms with Crippen LogP contribution in [-0.2, 0) is 27.4 Å². The number of ether oxygens (including phenoxy) is 2. The van der Waals surface area contributed by atoms with Crippen molar-refractivity contribution in [2.24, 2.45) is 0 Å². The summed E-state index contributed by atoms with van der Waals surface area (Å²) in [6.07, 6.45) is -1.84. The second kappa shape index (κ2) is 10.2. The molecule has 0 radical (unpaired) electrons. The van der Waals surface area contributed by atoms with Gasteiger partial charge in [0.1, 0.15) is 18.3 Å². The van der Waals surface area contributed by atoms with Crippen LogP contribution in [0.5, 0.6) is 0 Å². The van der Waals surface area contributed by atoms with Crippen LogP contribution in [0.25, 0.3) is 0 Å². The van der Waals surface area contributed by atoms with E-state index in [9.17, 15) is 15.0 Å². The van der Waals surface area contributed by atoms with Gasteiger partial charge >= 0.3 is 0 Å². The van der Waals surface area contributed by atoms with Gasteiger partial charge in [0.2, 0.25) is 5.91 Å². The Morgan fingerprint density at radius 1 is 1.29 bits per heavy atom. The maximum absolute atomic E-state index is 12.2. The van der Waals surface area contributed by atoms with Crippen LogP contribution >= 0.6 is 0 Å². The van der Waals surface area contributed by atoms with E-state index in [1.807, 2.05) is 7.05 Å². The third-order valence-electron chi connectivity index (χ3n) is 5.01.